The van der Waals surface area contributed by atoms with Gasteiger partial charge in [-0.25, -0.2) is 0 Å². The van der Waals surface area contributed by atoms with Gasteiger partial charge in [0.15, 0.2) is 0 Å². The van der Waals surface area contributed by atoms with Crippen molar-refractivity contribution in [3.63, 3.8) is 0 Å². The minimum atomic E-state index is -0.0423. The third-order valence-electron chi connectivity index (χ3n) is 3.26. The summed E-state index contributed by atoms with van der Waals surface area (Å²) in [7, 11) is 1.60. The molecule has 2 aromatic rings. The van der Waals surface area contributed by atoms with E-state index in [1.165, 1.54) is 11.3 Å². The fourth-order valence-corrected chi connectivity index (χ4v) is 3.34. The lowest BCUT2D eigenvalue weighted by atomic mass is 10.1. The number of hydrogen-bond acceptors (Lipinski definition) is 4. The lowest BCUT2D eigenvalue weighted by molar-refractivity contribution is 0.0660. The van der Waals surface area contributed by atoms with E-state index in [2.05, 4.69) is 0 Å². The number of nitrogens with zero attached hydrogens (tertiary/aromatic N) is 1. The minimum absolute atomic E-state index is 0.0326. The summed E-state index contributed by atoms with van der Waals surface area (Å²) in [5, 5.41) is 10.2. The molecular formula is C15H19NO3S. The first-order valence-electron chi connectivity index (χ1n) is 6.56. The molecule has 1 heterocycles. The molecule has 0 aliphatic carbocycles. The minimum Gasteiger partial charge on any atom is -0.395 e. The van der Waals surface area contributed by atoms with E-state index in [0.29, 0.717) is 19.7 Å². The van der Waals surface area contributed by atoms with Gasteiger partial charge < -0.3 is 14.7 Å². The third kappa shape index (κ3) is 3.00. The number of benzene rings is 1. The first kappa shape index (κ1) is 15.0. The zero-order chi connectivity index (χ0) is 14.5. The van der Waals surface area contributed by atoms with Gasteiger partial charge in [0.05, 0.1) is 18.1 Å². The Kier molecular flexibility index (Phi) is 5.11. The van der Waals surface area contributed by atoms with Gasteiger partial charge in [-0.15, -0.1) is 11.3 Å². The van der Waals surface area contributed by atoms with Gasteiger partial charge in [-0.1, -0.05) is 18.2 Å². The largest absolute Gasteiger partial charge is 0.395 e. The summed E-state index contributed by atoms with van der Waals surface area (Å²) in [5.74, 6) is -0.0326. The molecule has 20 heavy (non-hydrogen) atoms. The van der Waals surface area contributed by atoms with E-state index < -0.39 is 0 Å². The highest BCUT2D eigenvalue weighted by atomic mass is 32.1. The van der Waals surface area contributed by atoms with Crippen molar-refractivity contribution in [2.24, 2.45) is 0 Å². The molecule has 0 atom stereocenters. The van der Waals surface area contributed by atoms with Crippen LogP contribution in [0, 0.1) is 6.92 Å². The van der Waals surface area contributed by atoms with Crippen LogP contribution < -0.4 is 0 Å². The summed E-state index contributed by atoms with van der Waals surface area (Å²) >= 11 is 1.51. The van der Waals surface area contributed by atoms with E-state index in [4.69, 9.17) is 9.84 Å². The maximum absolute atomic E-state index is 12.6. The van der Waals surface area contributed by atoms with Crippen molar-refractivity contribution in [1.82, 2.24) is 4.90 Å². The lowest BCUT2D eigenvalue weighted by Crippen LogP contribution is -2.36. The lowest BCUT2D eigenvalue weighted by Gasteiger charge is -2.21. The van der Waals surface area contributed by atoms with E-state index in [0.717, 1.165) is 20.5 Å². The normalized spacial score (nSPS) is 10.9. The molecule has 0 aliphatic rings. The van der Waals surface area contributed by atoms with E-state index in [1.54, 1.807) is 12.0 Å². The number of aliphatic hydroxyl groups is 1. The van der Waals surface area contributed by atoms with Gasteiger partial charge in [-0.05, 0) is 23.9 Å². The Morgan fingerprint density at radius 1 is 1.35 bits per heavy atom. The fourth-order valence-electron chi connectivity index (χ4n) is 2.16. The molecule has 2 rings (SSSR count). The highest BCUT2D eigenvalue weighted by Gasteiger charge is 2.20. The van der Waals surface area contributed by atoms with Crippen molar-refractivity contribution in [3.8, 4) is 0 Å². The number of thiophene rings is 1. The van der Waals surface area contributed by atoms with Crippen molar-refractivity contribution < 1.29 is 14.6 Å². The molecule has 108 valence electrons. The van der Waals surface area contributed by atoms with Crippen LogP contribution in [0.2, 0.25) is 0 Å². The summed E-state index contributed by atoms with van der Waals surface area (Å²) in [4.78, 5) is 15.0. The molecule has 1 N–H and O–H groups in total. The average molecular weight is 293 g/mol. The fraction of sp³-hybridized carbons (Fsp3) is 0.400. The van der Waals surface area contributed by atoms with Gasteiger partial charge in [-0.3, -0.25) is 4.79 Å². The van der Waals surface area contributed by atoms with E-state index in [1.807, 2.05) is 31.2 Å². The molecule has 5 heteroatoms. The molecular weight excluding hydrogens is 274 g/mol. The van der Waals surface area contributed by atoms with Crippen LogP contribution in [-0.2, 0) is 4.74 Å². The first-order valence-corrected chi connectivity index (χ1v) is 7.38. The first-order chi connectivity index (χ1) is 9.69. The molecule has 0 bridgehead atoms. The van der Waals surface area contributed by atoms with Gasteiger partial charge in [0.2, 0.25) is 0 Å². The maximum Gasteiger partial charge on any atom is 0.264 e. The highest BCUT2D eigenvalue weighted by Crippen LogP contribution is 2.31. The SMILES string of the molecule is COCCN(CCO)C(=O)c1sc2ccccc2c1C. The van der Waals surface area contributed by atoms with Crippen LogP contribution in [0.4, 0.5) is 0 Å². The summed E-state index contributed by atoms with van der Waals surface area (Å²) in [6, 6.07) is 8.01. The number of aliphatic hydroxyl groups excluding tert-OH is 1. The zero-order valence-electron chi connectivity index (χ0n) is 11.8. The van der Waals surface area contributed by atoms with Crippen molar-refractivity contribution >= 4 is 27.3 Å². The second-order valence-corrected chi connectivity index (χ2v) is 5.61. The van der Waals surface area contributed by atoms with Gasteiger partial charge in [-0.2, -0.15) is 0 Å². The maximum atomic E-state index is 12.6. The molecule has 0 spiro atoms. The predicted molar refractivity (Wildman–Crippen MR) is 81.4 cm³/mol. The Bertz CT molecular complexity index is 594. The molecule has 1 aromatic heterocycles. The molecule has 0 radical (unpaired) electrons. The van der Waals surface area contributed by atoms with Crippen LogP contribution in [0.15, 0.2) is 24.3 Å². The number of carbonyl (C=O) groups excluding carboxylic acids is 1. The third-order valence-corrected chi connectivity index (χ3v) is 4.52. The Balaban J connectivity index is 2.30. The van der Waals surface area contributed by atoms with E-state index in [-0.39, 0.29) is 12.5 Å². The Morgan fingerprint density at radius 2 is 2.10 bits per heavy atom. The Morgan fingerprint density at radius 3 is 2.75 bits per heavy atom. The average Bonchev–Trinajstić information content (AvgIpc) is 2.80. The number of aryl methyl sites for hydroxylation is 1. The molecule has 4 nitrogen and oxygen atoms in total. The number of ether oxygens (including phenoxy) is 1. The molecule has 0 unspecified atom stereocenters. The smallest absolute Gasteiger partial charge is 0.264 e. The summed E-state index contributed by atoms with van der Waals surface area (Å²) in [5.41, 5.74) is 1.01. The standard InChI is InChI=1S/C15H19NO3S/c1-11-12-5-3-4-6-13(12)20-14(11)15(18)16(7-9-17)8-10-19-2/h3-6,17H,7-10H2,1-2H3. The van der Waals surface area contributed by atoms with Crippen LogP contribution in [0.25, 0.3) is 10.1 Å². The number of carbonyl (C=O) groups is 1. The summed E-state index contributed by atoms with van der Waals surface area (Å²) in [6.45, 7) is 3.22. The van der Waals surface area contributed by atoms with Crippen LogP contribution >= 0.6 is 11.3 Å². The van der Waals surface area contributed by atoms with E-state index >= 15 is 0 Å². The number of hydrogen-bond donors (Lipinski definition) is 1. The molecule has 0 aliphatic heterocycles. The molecule has 0 saturated carbocycles. The van der Waals surface area contributed by atoms with Gasteiger partial charge in [0.25, 0.3) is 5.91 Å². The summed E-state index contributed by atoms with van der Waals surface area (Å²) < 4.78 is 6.14. The number of fused-ring (bicyclic) bond motifs is 1. The van der Waals surface area contributed by atoms with Crippen LogP contribution in [-0.4, -0.2) is 49.3 Å². The topological polar surface area (TPSA) is 49.8 Å². The van der Waals surface area contributed by atoms with Gasteiger partial charge in [0.1, 0.15) is 0 Å². The number of rotatable bonds is 6. The zero-order valence-corrected chi connectivity index (χ0v) is 12.6. The number of methoxy groups -OCH3 is 1. The Labute approximate surface area is 122 Å². The molecule has 0 saturated heterocycles. The van der Waals surface area contributed by atoms with Crippen molar-refractivity contribution in [3.05, 3.63) is 34.7 Å². The highest BCUT2D eigenvalue weighted by molar-refractivity contribution is 7.21. The van der Waals surface area contributed by atoms with Crippen LogP contribution in [0.5, 0.6) is 0 Å². The Hall–Kier alpha value is -1.43. The second kappa shape index (κ2) is 6.83. The van der Waals surface area contributed by atoms with Crippen molar-refractivity contribution in [2.45, 2.75) is 6.92 Å². The molecule has 0 fully saturated rings. The molecule has 1 amide bonds. The van der Waals surface area contributed by atoms with Crippen molar-refractivity contribution in [1.29, 1.82) is 0 Å². The second-order valence-electron chi connectivity index (χ2n) is 4.56. The van der Waals surface area contributed by atoms with Gasteiger partial charge in [0, 0.05) is 24.9 Å². The van der Waals surface area contributed by atoms with E-state index in [9.17, 15) is 4.79 Å². The van der Waals surface area contributed by atoms with Crippen LogP contribution in [0.3, 0.4) is 0 Å². The predicted octanol–water partition coefficient (Wildman–Crippen LogP) is 2.29. The van der Waals surface area contributed by atoms with Crippen LogP contribution in [0.1, 0.15) is 15.2 Å². The molecule has 1 aromatic carbocycles. The quantitative estimate of drug-likeness (QED) is 0.889. The van der Waals surface area contributed by atoms with Gasteiger partial charge >= 0.3 is 0 Å². The summed E-state index contributed by atoms with van der Waals surface area (Å²) in [6.07, 6.45) is 0. The monoisotopic (exact) mass is 293 g/mol. The van der Waals surface area contributed by atoms with Crippen molar-refractivity contribution in [2.75, 3.05) is 33.4 Å². The number of amides is 1.